The minimum Gasteiger partial charge on any atom is -0.436 e. The number of benzene rings is 3. The molecule has 0 atom stereocenters. The van der Waals surface area contributed by atoms with Crippen LogP contribution in [-0.2, 0) is 9.59 Å². The third-order valence-corrected chi connectivity index (χ3v) is 5.35. The van der Waals surface area contributed by atoms with Gasteiger partial charge in [0.25, 0.3) is 0 Å². The van der Waals surface area contributed by atoms with Crippen molar-refractivity contribution < 1.29 is 18.4 Å². The maximum Gasteiger partial charge on any atom is 0.232 e. The number of aryl methyl sites for hydroxylation is 1. The zero-order valence-electron chi connectivity index (χ0n) is 18.7. The molecule has 172 valence electrons. The predicted molar refractivity (Wildman–Crippen MR) is 135 cm³/mol. The van der Waals surface area contributed by atoms with Gasteiger partial charge in [0, 0.05) is 23.8 Å². The molecule has 8 heteroatoms. The lowest BCUT2D eigenvalue weighted by Gasteiger charge is -2.09. The van der Waals surface area contributed by atoms with Crippen LogP contribution in [-0.4, -0.2) is 22.5 Å². The first-order valence-corrected chi connectivity index (χ1v) is 10.8. The molecule has 0 bridgehead atoms. The Morgan fingerprint density at radius 1 is 0.743 bits per heavy atom. The van der Waals surface area contributed by atoms with Crippen LogP contribution in [0.4, 0.5) is 11.4 Å². The van der Waals surface area contributed by atoms with Crippen LogP contribution in [0.25, 0.3) is 33.3 Å². The van der Waals surface area contributed by atoms with Crippen molar-refractivity contribution in [2.45, 2.75) is 6.92 Å². The fourth-order valence-corrected chi connectivity index (χ4v) is 3.47. The fraction of sp³-hybridized carbons (Fsp3) is 0.0370. The number of hydrogen-bond donors (Lipinski definition) is 2. The SMILES string of the molecule is Cc1ccc(N/C=C(\C=O)c2nc3ccccc3o2)cc1N/C=C(\C=O)c1nc2ccccc2o1. The van der Waals surface area contributed by atoms with Crippen molar-refractivity contribution in [3.8, 4) is 0 Å². The minimum absolute atomic E-state index is 0.232. The van der Waals surface area contributed by atoms with E-state index >= 15 is 0 Å². The monoisotopic (exact) mass is 464 g/mol. The molecule has 35 heavy (non-hydrogen) atoms. The predicted octanol–water partition coefficient (Wildman–Crippen LogP) is 5.58. The Morgan fingerprint density at radius 2 is 1.29 bits per heavy atom. The molecule has 2 aromatic heterocycles. The third-order valence-electron chi connectivity index (χ3n) is 5.35. The average Bonchev–Trinajstić information content (AvgIpc) is 3.50. The van der Waals surface area contributed by atoms with Crippen molar-refractivity contribution >= 4 is 57.3 Å². The first-order chi connectivity index (χ1) is 17.1. The first kappa shape index (κ1) is 21.8. The number of oxazole rings is 2. The van der Waals surface area contributed by atoms with Crippen LogP contribution in [0.5, 0.6) is 0 Å². The zero-order chi connectivity index (χ0) is 24.2. The number of carbonyl (C=O) groups is 2. The Kier molecular flexibility index (Phi) is 5.92. The van der Waals surface area contributed by atoms with Crippen LogP contribution in [0, 0.1) is 6.92 Å². The molecule has 0 aliphatic rings. The van der Waals surface area contributed by atoms with Crippen molar-refractivity contribution in [2.24, 2.45) is 0 Å². The van der Waals surface area contributed by atoms with E-state index in [9.17, 15) is 9.59 Å². The van der Waals surface area contributed by atoms with Gasteiger partial charge in [0.15, 0.2) is 23.7 Å². The summed E-state index contributed by atoms with van der Waals surface area (Å²) < 4.78 is 11.4. The van der Waals surface area contributed by atoms with Gasteiger partial charge in [0.1, 0.15) is 11.0 Å². The number of carbonyl (C=O) groups excluding carboxylic acids is 2. The van der Waals surface area contributed by atoms with Gasteiger partial charge < -0.3 is 19.5 Å². The van der Waals surface area contributed by atoms with E-state index in [1.165, 1.54) is 6.20 Å². The minimum atomic E-state index is 0.232. The molecule has 0 saturated carbocycles. The molecular weight excluding hydrogens is 444 g/mol. The van der Waals surface area contributed by atoms with E-state index < -0.39 is 0 Å². The molecule has 0 aliphatic heterocycles. The molecule has 8 nitrogen and oxygen atoms in total. The van der Waals surface area contributed by atoms with Gasteiger partial charge >= 0.3 is 0 Å². The Labute approximate surface area is 200 Å². The molecule has 2 heterocycles. The van der Waals surface area contributed by atoms with Gasteiger partial charge in [0.2, 0.25) is 11.8 Å². The van der Waals surface area contributed by atoms with Gasteiger partial charge in [-0.15, -0.1) is 0 Å². The average molecular weight is 464 g/mol. The number of para-hydroxylation sites is 4. The number of anilines is 2. The largest absolute Gasteiger partial charge is 0.436 e. The lowest BCUT2D eigenvalue weighted by molar-refractivity contribution is -0.104. The Hall–Kier alpha value is -4.98. The summed E-state index contributed by atoms with van der Waals surface area (Å²) in [6.07, 6.45) is 4.46. The second-order valence-electron chi connectivity index (χ2n) is 7.73. The molecule has 0 spiro atoms. The van der Waals surface area contributed by atoms with Gasteiger partial charge in [0.05, 0.1) is 11.1 Å². The van der Waals surface area contributed by atoms with Crippen molar-refractivity contribution in [2.75, 3.05) is 10.6 Å². The molecule has 0 aliphatic carbocycles. The van der Waals surface area contributed by atoms with E-state index in [1.54, 1.807) is 18.3 Å². The summed E-state index contributed by atoms with van der Waals surface area (Å²) >= 11 is 0. The molecular formula is C27H20N4O4. The molecule has 0 unspecified atom stereocenters. The summed E-state index contributed by atoms with van der Waals surface area (Å²) in [6, 6.07) is 20.3. The van der Waals surface area contributed by atoms with Crippen LogP contribution >= 0.6 is 0 Å². The number of hydrogen-bond acceptors (Lipinski definition) is 8. The number of nitrogens with one attached hydrogen (secondary N) is 2. The number of allylic oxidation sites excluding steroid dienone is 2. The van der Waals surface area contributed by atoms with Crippen LogP contribution < -0.4 is 10.6 Å². The van der Waals surface area contributed by atoms with Gasteiger partial charge in [-0.25, -0.2) is 9.97 Å². The maximum atomic E-state index is 11.7. The van der Waals surface area contributed by atoms with Crippen molar-refractivity contribution in [3.63, 3.8) is 0 Å². The van der Waals surface area contributed by atoms with Crippen LogP contribution in [0.2, 0.25) is 0 Å². The lowest BCUT2D eigenvalue weighted by Crippen LogP contribution is -1.98. The fourth-order valence-electron chi connectivity index (χ4n) is 3.47. The van der Waals surface area contributed by atoms with E-state index in [1.807, 2.05) is 61.5 Å². The van der Waals surface area contributed by atoms with E-state index in [0.29, 0.717) is 34.8 Å². The number of fused-ring (bicyclic) bond motifs is 2. The van der Waals surface area contributed by atoms with E-state index in [-0.39, 0.29) is 22.9 Å². The molecule has 2 N–H and O–H groups in total. The summed E-state index contributed by atoms with van der Waals surface area (Å²) in [5, 5.41) is 6.25. The van der Waals surface area contributed by atoms with E-state index in [2.05, 4.69) is 20.6 Å². The summed E-state index contributed by atoms with van der Waals surface area (Å²) in [4.78, 5) is 32.1. The first-order valence-electron chi connectivity index (χ1n) is 10.8. The van der Waals surface area contributed by atoms with Gasteiger partial charge in [-0.3, -0.25) is 9.59 Å². The van der Waals surface area contributed by atoms with Crippen LogP contribution in [0.1, 0.15) is 17.3 Å². The Balaban J connectivity index is 1.36. The second kappa shape index (κ2) is 9.48. The summed E-state index contributed by atoms with van der Waals surface area (Å²) in [5.41, 5.74) is 5.54. The highest BCUT2D eigenvalue weighted by Gasteiger charge is 2.12. The van der Waals surface area contributed by atoms with E-state index in [0.717, 1.165) is 16.9 Å². The second-order valence-corrected chi connectivity index (χ2v) is 7.73. The van der Waals surface area contributed by atoms with Gasteiger partial charge in [-0.1, -0.05) is 30.3 Å². The van der Waals surface area contributed by atoms with E-state index in [4.69, 9.17) is 8.83 Å². The summed E-state index contributed by atoms with van der Waals surface area (Å²) in [7, 11) is 0. The molecule has 5 aromatic rings. The quantitative estimate of drug-likeness (QED) is 0.226. The zero-order valence-corrected chi connectivity index (χ0v) is 18.7. The molecule has 0 radical (unpaired) electrons. The number of aromatic nitrogens is 2. The number of aldehydes is 2. The molecule has 3 aromatic carbocycles. The summed E-state index contributed by atoms with van der Waals surface area (Å²) in [5.74, 6) is 0.466. The highest BCUT2D eigenvalue weighted by Crippen LogP contribution is 2.24. The number of nitrogens with zero attached hydrogens (tertiary/aromatic N) is 2. The molecule has 0 amide bonds. The van der Waals surface area contributed by atoms with Crippen LogP contribution in [0.15, 0.2) is 88.0 Å². The van der Waals surface area contributed by atoms with Crippen molar-refractivity contribution in [1.29, 1.82) is 0 Å². The van der Waals surface area contributed by atoms with Crippen LogP contribution in [0.3, 0.4) is 0 Å². The maximum absolute atomic E-state index is 11.7. The summed E-state index contributed by atoms with van der Waals surface area (Å²) in [6.45, 7) is 1.94. The Morgan fingerprint density at radius 3 is 1.83 bits per heavy atom. The molecule has 0 fully saturated rings. The normalized spacial score (nSPS) is 12.1. The third kappa shape index (κ3) is 4.58. The molecule has 5 rings (SSSR count). The van der Waals surface area contributed by atoms with Crippen molar-refractivity contribution in [3.05, 3.63) is 96.5 Å². The standard InChI is InChI=1S/C27H20N4O4/c1-17-10-11-20(28-13-18(15-32)26-30-21-6-2-4-8-24(21)34-26)12-23(17)29-14-19(16-33)27-31-22-7-3-5-9-25(22)35-27/h2-16,28-29H,1H3/b18-13+,19-14+. The highest BCUT2D eigenvalue weighted by molar-refractivity contribution is 6.06. The highest BCUT2D eigenvalue weighted by atomic mass is 16.4. The van der Waals surface area contributed by atoms with Gasteiger partial charge in [-0.05, 0) is 48.9 Å². The van der Waals surface area contributed by atoms with Gasteiger partial charge in [-0.2, -0.15) is 0 Å². The van der Waals surface area contributed by atoms with Crippen molar-refractivity contribution in [1.82, 2.24) is 9.97 Å². The topological polar surface area (TPSA) is 110 Å². The number of rotatable bonds is 8. The Bertz CT molecular complexity index is 1540. The molecule has 0 saturated heterocycles. The smallest absolute Gasteiger partial charge is 0.232 e. The lowest BCUT2D eigenvalue weighted by atomic mass is 10.1.